The van der Waals surface area contributed by atoms with Gasteiger partial charge in [0, 0.05) is 18.3 Å². The molecule has 0 aromatic heterocycles. The summed E-state index contributed by atoms with van der Waals surface area (Å²) in [6.45, 7) is 12.6. The molecule has 0 aromatic rings. The highest BCUT2D eigenvalue weighted by atomic mass is 16.7. The van der Waals surface area contributed by atoms with Crippen LogP contribution in [-0.2, 0) is 23.7 Å². The Bertz CT molecular complexity index is 507. The summed E-state index contributed by atoms with van der Waals surface area (Å²) in [4.78, 5) is 0. The Morgan fingerprint density at radius 3 is 2.54 bits per heavy atom. The molecule has 3 fully saturated rings. The SMILES string of the molecule is CC[C@H](C)C1O[C@H](O[C@H]2C([C@H]3COCO3)O[C@](C)(O)C[C@H]2C)C(C)[C@@H](O)[C@@H]1C. The Morgan fingerprint density at radius 2 is 1.93 bits per heavy atom. The molecule has 0 aromatic carbocycles. The third-order valence-electron chi connectivity index (χ3n) is 6.80. The van der Waals surface area contributed by atoms with Crippen molar-refractivity contribution in [3.63, 3.8) is 0 Å². The van der Waals surface area contributed by atoms with E-state index < -0.39 is 24.3 Å². The Hall–Kier alpha value is -0.280. The second kappa shape index (κ2) is 8.84. The van der Waals surface area contributed by atoms with Crippen LogP contribution in [0.1, 0.15) is 54.4 Å². The minimum absolute atomic E-state index is 0.0345. The first kappa shape index (κ1) is 22.4. The second-order valence-electron chi connectivity index (χ2n) is 9.30. The first-order chi connectivity index (χ1) is 13.1. The van der Waals surface area contributed by atoms with Gasteiger partial charge in [-0.2, -0.15) is 0 Å². The van der Waals surface area contributed by atoms with Crippen LogP contribution in [0.5, 0.6) is 0 Å². The number of aliphatic hydroxyl groups is 2. The number of rotatable bonds is 5. The lowest BCUT2D eigenvalue weighted by Gasteiger charge is -2.49. The van der Waals surface area contributed by atoms with Gasteiger partial charge in [-0.1, -0.05) is 41.0 Å². The fraction of sp³-hybridized carbons (Fsp3) is 1.00. The van der Waals surface area contributed by atoms with E-state index in [9.17, 15) is 10.2 Å². The fourth-order valence-corrected chi connectivity index (χ4v) is 4.91. The van der Waals surface area contributed by atoms with E-state index in [2.05, 4.69) is 13.8 Å². The van der Waals surface area contributed by atoms with Crippen LogP contribution in [0.15, 0.2) is 0 Å². The van der Waals surface area contributed by atoms with E-state index in [1.807, 2.05) is 20.8 Å². The molecule has 0 saturated carbocycles. The predicted molar refractivity (Wildman–Crippen MR) is 102 cm³/mol. The maximum Gasteiger partial charge on any atom is 0.163 e. The van der Waals surface area contributed by atoms with Gasteiger partial charge in [-0.05, 0) is 18.8 Å². The molecule has 164 valence electrons. The zero-order valence-electron chi connectivity index (χ0n) is 18.0. The first-order valence-electron chi connectivity index (χ1n) is 10.7. The summed E-state index contributed by atoms with van der Waals surface area (Å²) >= 11 is 0. The van der Waals surface area contributed by atoms with E-state index in [0.717, 1.165) is 6.42 Å². The standard InChI is InChI=1S/C21H38O7/c1-7-11(2)17-13(4)16(22)14(5)20(26-17)27-18-12(3)8-21(6,23)28-19(18)15-9-24-10-25-15/h11-20,22-23H,7-10H2,1-6H3/t11-,12+,13-,14?,15+,16-,17?,18+,19?,20+,21-/m0/s1. The normalized spacial score (nSPS) is 51.2. The Labute approximate surface area is 168 Å². The van der Waals surface area contributed by atoms with Crippen LogP contribution in [0.3, 0.4) is 0 Å². The minimum atomic E-state index is -1.23. The van der Waals surface area contributed by atoms with Crippen LogP contribution >= 0.6 is 0 Å². The molecule has 0 bridgehead atoms. The van der Waals surface area contributed by atoms with Gasteiger partial charge in [-0.25, -0.2) is 0 Å². The molecule has 3 aliphatic rings. The lowest BCUT2D eigenvalue weighted by Crippen LogP contribution is -2.59. The van der Waals surface area contributed by atoms with E-state index in [1.54, 1.807) is 6.92 Å². The summed E-state index contributed by atoms with van der Waals surface area (Å²) in [6, 6.07) is 0. The third kappa shape index (κ3) is 4.56. The largest absolute Gasteiger partial charge is 0.392 e. The minimum Gasteiger partial charge on any atom is -0.392 e. The average molecular weight is 403 g/mol. The molecule has 7 heteroatoms. The van der Waals surface area contributed by atoms with Crippen molar-refractivity contribution < 1.29 is 33.9 Å². The molecule has 2 N–H and O–H groups in total. The zero-order chi connectivity index (χ0) is 20.6. The van der Waals surface area contributed by atoms with Gasteiger partial charge in [0.25, 0.3) is 0 Å². The van der Waals surface area contributed by atoms with Gasteiger partial charge in [0.15, 0.2) is 12.1 Å². The highest BCUT2D eigenvalue weighted by Crippen LogP contribution is 2.40. The molecular formula is C21H38O7. The van der Waals surface area contributed by atoms with Gasteiger partial charge >= 0.3 is 0 Å². The number of aliphatic hydroxyl groups excluding tert-OH is 1. The molecule has 3 heterocycles. The molecule has 3 saturated heterocycles. The molecular weight excluding hydrogens is 364 g/mol. The van der Waals surface area contributed by atoms with Crippen molar-refractivity contribution in [1.82, 2.24) is 0 Å². The first-order valence-corrected chi connectivity index (χ1v) is 10.7. The van der Waals surface area contributed by atoms with Crippen molar-refractivity contribution in [3.8, 4) is 0 Å². The molecule has 11 atom stereocenters. The molecule has 3 aliphatic heterocycles. The van der Waals surface area contributed by atoms with Crippen LogP contribution in [0.2, 0.25) is 0 Å². The van der Waals surface area contributed by atoms with E-state index in [1.165, 1.54) is 0 Å². The Balaban J connectivity index is 1.78. The van der Waals surface area contributed by atoms with E-state index in [0.29, 0.717) is 18.9 Å². The predicted octanol–water partition coefficient (Wildman–Crippen LogP) is 2.28. The Morgan fingerprint density at radius 1 is 1.21 bits per heavy atom. The topological polar surface area (TPSA) is 86.6 Å². The highest BCUT2D eigenvalue weighted by molar-refractivity contribution is 4.94. The zero-order valence-corrected chi connectivity index (χ0v) is 18.0. The lowest BCUT2D eigenvalue weighted by molar-refractivity contribution is -0.345. The summed E-state index contributed by atoms with van der Waals surface area (Å²) in [6.07, 6.45) is -0.741. The van der Waals surface area contributed by atoms with Crippen LogP contribution in [0.25, 0.3) is 0 Å². The van der Waals surface area contributed by atoms with Gasteiger partial charge in [-0.15, -0.1) is 0 Å². The number of hydrogen-bond acceptors (Lipinski definition) is 7. The monoisotopic (exact) mass is 402 g/mol. The molecule has 0 amide bonds. The molecule has 0 spiro atoms. The second-order valence-corrected chi connectivity index (χ2v) is 9.30. The van der Waals surface area contributed by atoms with Gasteiger partial charge in [0.2, 0.25) is 0 Å². The molecule has 7 nitrogen and oxygen atoms in total. The molecule has 0 radical (unpaired) electrons. The van der Waals surface area contributed by atoms with Crippen molar-refractivity contribution in [2.24, 2.45) is 23.7 Å². The van der Waals surface area contributed by atoms with E-state index >= 15 is 0 Å². The Kier molecular flexibility index (Phi) is 7.07. The van der Waals surface area contributed by atoms with Crippen LogP contribution < -0.4 is 0 Å². The molecule has 28 heavy (non-hydrogen) atoms. The molecule has 0 aliphatic carbocycles. The van der Waals surface area contributed by atoms with Crippen molar-refractivity contribution in [3.05, 3.63) is 0 Å². The highest BCUT2D eigenvalue weighted by Gasteiger charge is 2.50. The van der Waals surface area contributed by atoms with Crippen LogP contribution in [0.4, 0.5) is 0 Å². The fourth-order valence-electron chi connectivity index (χ4n) is 4.91. The van der Waals surface area contributed by atoms with Crippen LogP contribution in [-0.4, -0.2) is 66.2 Å². The van der Waals surface area contributed by atoms with E-state index in [4.69, 9.17) is 23.7 Å². The quantitative estimate of drug-likeness (QED) is 0.729. The van der Waals surface area contributed by atoms with Gasteiger partial charge in [0.1, 0.15) is 19.0 Å². The van der Waals surface area contributed by atoms with Crippen LogP contribution in [0, 0.1) is 23.7 Å². The summed E-state index contributed by atoms with van der Waals surface area (Å²) in [5.41, 5.74) is 0. The van der Waals surface area contributed by atoms with Gasteiger partial charge in [-0.3, -0.25) is 0 Å². The van der Waals surface area contributed by atoms with Crippen molar-refractivity contribution in [2.75, 3.05) is 13.4 Å². The summed E-state index contributed by atoms with van der Waals surface area (Å²) in [5, 5.41) is 21.3. The molecule has 3 unspecified atom stereocenters. The maximum atomic E-state index is 10.8. The molecule has 3 rings (SSSR count). The van der Waals surface area contributed by atoms with Crippen molar-refractivity contribution in [1.29, 1.82) is 0 Å². The average Bonchev–Trinajstić information content (AvgIpc) is 3.17. The van der Waals surface area contributed by atoms with Crippen molar-refractivity contribution in [2.45, 2.75) is 97.0 Å². The van der Waals surface area contributed by atoms with Gasteiger partial charge < -0.3 is 33.9 Å². The smallest absolute Gasteiger partial charge is 0.163 e. The van der Waals surface area contributed by atoms with E-state index in [-0.39, 0.29) is 42.9 Å². The summed E-state index contributed by atoms with van der Waals surface area (Å²) < 4.78 is 29.8. The lowest BCUT2D eigenvalue weighted by atomic mass is 9.80. The number of ether oxygens (including phenoxy) is 5. The number of hydrogen-bond donors (Lipinski definition) is 2. The van der Waals surface area contributed by atoms with Crippen molar-refractivity contribution >= 4 is 0 Å². The summed E-state index contributed by atoms with van der Waals surface area (Å²) in [5.74, 6) is -0.986. The maximum absolute atomic E-state index is 10.8. The summed E-state index contributed by atoms with van der Waals surface area (Å²) in [7, 11) is 0. The third-order valence-corrected chi connectivity index (χ3v) is 6.80. The van der Waals surface area contributed by atoms with Gasteiger partial charge in [0.05, 0.1) is 24.9 Å².